The molecule has 0 spiro atoms. The maximum Gasteiger partial charge on any atom is 0.240 e. The van der Waals surface area contributed by atoms with Crippen LogP contribution in [0, 0.1) is 5.92 Å². The molecule has 1 aliphatic rings. The molecule has 94 valence electrons. The molecule has 1 aromatic rings. The maximum atomic E-state index is 12.1. The molecule has 1 saturated carbocycles. The van der Waals surface area contributed by atoms with Crippen LogP contribution < -0.4 is 10.5 Å². The summed E-state index contributed by atoms with van der Waals surface area (Å²) in [6.45, 7) is 2.48. The van der Waals surface area contributed by atoms with Gasteiger partial charge in [-0.1, -0.05) is 19.1 Å². The highest BCUT2D eigenvalue weighted by Gasteiger charge is 2.29. The van der Waals surface area contributed by atoms with Crippen molar-refractivity contribution >= 4 is 10.0 Å². The molecule has 5 heteroatoms. The van der Waals surface area contributed by atoms with Gasteiger partial charge in [0.15, 0.2) is 0 Å². The van der Waals surface area contributed by atoms with Gasteiger partial charge in [0.1, 0.15) is 0 Å². The fraction of sp³-hybridized carbons (Fsp3) is 0.500. The van der Waals surface area contributed by atoms with E-state index in [9.17, 15) is 8.42 Å². The van der Waals surface area contributed by atoms with Crippen LogP contribution in [0.4, 0.5) is 0 Å². The molecule has 0 unspecified atom stereocenters. The average Bonchev–Trinajstić information content (AvgIpc) is 2.27. The molecular weight excluding hydrogens is 236 g/mol. The van der Waals surface area contributed by atoms with Crippen LogP contribution in [-0.2, 0) is 16.6 Å². The Kier molecular flexibility index (Phi) is 3.51. The Morgan fingerprint density at radius 2 is 2.12 bits per heavy atom. The second kappa shape index (κ2) is 4.76. The minimum atomic E-state index is -3.38. The third kappa shape index (κ3) is 2.86. The molecule has 1 aliphatic carbocycles. The smallest absolute Gasteiger partial charge is 0.240 e. The molecule has 1 fully saturated rings. The van der Waals surface area contributed by atoms with Crippen molar-refractivity contribution in [3.63, 3.8) is 0 Å². The molecule has 0 atom stereocenters. The molecule has 1 aromatic carbocycles. The van der Waals surface area contributed by atoms with Gasteiger partial charge in [0.2, 0.25) is 10.0 Å². The van der Waals surface area contributed by atoms with Gasteiger partial charge in [-0.05, 0) is 36.5 Å². The van der Waals surface area contributed by atoms with Gasteiger partial charge < -0.3 is 5.73 Å². The predicted molar refractivity (Wildman–Crippen MR) is 66.8 cm³/mol. The molecule has 0 amide bonds. The Morgan fingerprint density at radius 3 is 2.71 bits per heavy atom. The molecule has 0 aliphatic heterocycles. The molecule has 4 nitrogen and oxygen atoms in total. The van der Waals surface area contributed by atoms with Crippen molar-refractivity contribution in [1.29, 1.82) is 0 Å². The average molecular weight is 254 g/mol. The van der Waals surface area contributed by atoms with Gasteiger partial charge in [0, 0.05) is 12.6 Å². The van der Waals surface area contributed by atoms with Crippen molar-refractivity contribution < 1.29 is 8.42 Å². The first-order valence-electron chi connectivity index (χ1n) is 5.82. The van der Waals surface area contributed by atoms with Crippen LogP contribution in [-0.4, -0.2) is 14.5 Å². The second-order valence-corrected chi connectivity index (χ2v) is 6.46. The number of nitrogens with two attached hydrogens (primary N) is 1. The number of hydrogen-bond donors (Lipinski definition) is 2. The lowest BCUT2D eigenvalue weighted by Crippen LogP contribution is -2.43. The summed E-state index contributed by atoms with van der Waals surface area (Å²) in [5.74, 6) is 0.623. The van der Waals surface area contributed by atoms with E-state index < -0.39 is 10.0 Å². The molecule has 0 heterocycles. The summed E-state index contributed by atoms with van der Waals surface area (Å²) < 4.78 is 26.8. The van der Waals surface area contributed by atoms with E-state index in [1.54, 1.807) is 18.2 Å². The van der Waals surface area contributed by atoms with Crippen LogP contribution in [0.1, 0.15) is 25.3 Å². The van der Waals surface area contributed by atoms with E-state index in [4.69, 9.17) is 5.73 Å². The Bertz CT molecular complexity index is 493. The first-order chi connectivity index (χ1) is 8.01. The number of hydrogen-bond acceptors (Lipinski definition) is 3. The minimum Gasteiger partial charge on any atom is -0.326 e. The first-order valence-corrected chi connectivity index (χ1v) is 7.31. The normalized spacial score (nSPS) is 24.4. The third-order valence-electron chi connectivity index (χ3n) is 3.14. The quantitative estimate of drug-likeness (QED) is 0.848. The van der Waals surface area contributed by atoms with Gasteiger partial charge in [-0.25, -0.2) is 13.1 Å². The van der Waals surface area contributed by atoms with Crippen molar-refractivity contribution in [1.82, 2.24) is 4.72 Å². The summed E-state index contributed by atoms with van der Waals surface area (Å²) in [6, 6.07) is 6.87. The summed E-state index contributed by atoms with van der Waals surface area (Å²) in [7, 11) is -3.38. The molecule has 0 bridgehead atoms. The van der Waals surface area contributed by atoms with E-state index in [1.807, 2.05) is 6.07 Å². The number of benzene rings is 1. The summed E-state index contributed by atoms with van der Waals surface area (Å²) >= 11 is 0. The highest BCUT2D eigenvalue weighted by molar-refractivity contribution is 7.89. The molecule has 2 rings (SSSR count). The molecular formula is C12H18N2O2S. The van der Waals surface area contributed by atoms with E-state index >= 15 is 0 Å². The van der Waals surface area contributed by atoms with Gasteiger partial charge in [0.05, 0.1) is 4.90 Å². The molecule has 0 aromatic heterocycles. The largest absolute Gasteiger partial charge is 0.326 e. The SMILES string of the molecule is CC1CC(NS(=O)(=O)c2cccc(CN)c2)C1. The van der Waals surface area contributed by atoms with Crippen molar-refractivity contribution in [3.8, 4) is 0 Å². The zero-order chi connectivity index (χ0) is 12.5. The fourth-order valence-electron chi connectivity index (χ4n) is 2.13. The maximum absolute atomic E-state index is 12.1. The molecule has 3 N–H and O–H groups in total. The zero-order valence-electron chi connectivity index (χ0n) is 9.89. The van der Waals surface area contributed by atoms with E-state index in [-0.39, 0.29) is 6.04 Å². The van der Waals surface area contributed by atoms with Crippen LogP contribution in [0.15, 0.2) is 29.2 Å². The highest BCUT2D eigenvalue weighted by atomic mass is 32.2. The van der Waals surface area contributed by atoms with E-state index in [2.05, 4.69) is 11.6 Å². The standard InChI is InChI=1S/C12H18N2O2S/c1-9-5-11(6-9)14-17(15,16)12-4-2-3-10(7-12)8-13/h2-4,7,9,11,14H,5-6,8,13H2,1H3. The molecule has 17 heavy (non-hydrogen) atoms. The highest BCUT2D eigenvalue weighted by Crippen LogP contribution is 2.27. The topological polar surface area (TPSA) is 72.2 Å². The summed E-state index contributed by atoms with van der Waals surface area (Å²) in [5.41, 5.74) is 6.33. The van der Waals surface area contributed by atoms with Gasteiger partial charge in [0.25, 0.3) is 0 Å². The van der Waals surface area contributed by atoms with Gasteiger partial charge in [-0.2, -0.15) is 0 Å². The number of nitrogens with one attached hydrogen (secondary N) is 1. The van der Waals surface area contributed by atoms with Crippen LogP contribution >= 0.6 is 0 Å². The van der Waals surface area contributed by atoms with E-state index in [0.717, 1.165) is 18.4 Å². The third-order valence-corrected chi connectivity index (χ3v) is 4.66. The minimum absolute atomic E-state index is 0.0940. The van der Waals surface area contributed by atoms with Crippen molar-refractivity contribution in [2.75, 3.05) is 0 Å². The lowest BCUT2D eigenvalue weighted by atomic mass is 9.83. The van der Waals surface area contributed by atoms with Crippen LogP contribution in [0.25, 0.3) is 0 Å². The van der Waals surface area contributed by atoms with Crippen molar-refractivity contribution in [2.45, 2.75) is 37.2 Å². The van der Waals surface area contributed by atoms with Gasteiger partial charge >= 0.3 is 0 Å². The van der Waals surface area contributed by atoms with Gasteiger partial charge in [-0.15, -0.1) is 0 Å². The fourth-order valence-corrected chi connectivity index (χ4v) is 3.46. The Labute approximate surface area is 102 Å². The second-order valence-electron chi connectivity index (χ2n) is 4.75. The van der Waals surface area contributed by atoms with Crippen molar-refractivity contribution in [3.05, 3.63) is 29.8 Å². The monoisotopic (exact) mass is 254 g/mol. The van der Waals surface area contributed by atoms with E-state index in [1.165, 1.54) is 0 Å². The lowest BCUT2D eigenvalue weighted by molar-refractivity contribution is 0.270. The predicted octanol–water partition coefficient (Wildman–Crippen LogP) is 1.22. The zero-order valence-corrected chi connectivity index (χ0v) is 10.7. The van der Waals surface area contributed by atoms with E-state index in [0.29, 0.717) is 17.4 Å². The lowest BCUT2D eigenvalue weighted by Gasteiger charge is -2.32. The summed E-state index contributed by atoms with van der Waals surface area (Å²) in [5, 5.41) is 0. The summed E-state index contributed by atoms with van der Waals surface area (Å²) in [6.07, 6.45) is 1.85. The van der Waals surface area contributed by atoms with Gasteiger partial charge in [-0.3, -0.25) is 0 Å². The Morgan fingerprint density at radius 1 is 1.41 bits per heavy atom. The molecule has 0 saturated heterocycles. The number of rotatable bonds is 4. The first kappa shape index (κ1) is 12.5. The molecule has 0 radical (unpaired) electrons. The van der Waals surface area contributed by atoms with Crippen LogP contribution in [0.5, 0.6) is 0 Å². The van der Waals surface area contributed by atoms with Crippen LogP contribution in [0.2, 0.25) is 0 Å². The number of sulfonamides is 1. The van der Waals surface area contributed by atoms with Crippen LogP contribution in [0.3, 0.4) is 0 Å². The van der Waals surface area contributed by atoms with Crippen molar-refractivity contribution in [2.24, 2.45) is 11.7 Å². The Balaban J connectivity index is 2.13. The Hall–Kier alpha value is -0.910. The summed E-state index contributed by atoms with van der Waals surface area (Å²) in [4.78, 5) is 0.306.